The SMILES string of the molecule is COc1ccc2c(c1)CNCC=C2c1c(F)cccc1F. The Hall–Kier alpha value is -2.20. The monoisotopic (exact) mass is 287 g/mol. The van der Waals surface area contributed by atoms with Crippen molar-refractivity contribution in [2.24, 2.45) is 0 Å². The maximum atomic E-state index is 14.1. The molecule has 0 amide bonds. The minimum absolute atomic E-state index is 0.0209. The number of methoxy groups -OCH3 is 1. The fourth-order valence-corrected chi connectivity index (χ4v) is 2.59. The van der Waals surface area contributed by atoms with Crippen molar-refractivity contribution < 1.29 is 13.5 Å². The zero-order chi connectivity index (χ0) is 14.8. The van der Waals surface area contributed by atoms with E-state index in [0.29, 0.717) is 18.7 Å². The number of benzene rings is 2. The molecule has 0 atom stereocenters. The minimum Gasteiger partial charge on any atom is -0.497 e. The smallest absolute Gasteiger partial charge is 0.133 e. The molecule has 0 saturated heterocycles. The summed E-state index contributed by atoms with van der Waals surface area (Å²) >= 11 is 0. The van der Waals surface area contributed by atoms with Gasteiger partial charge in [0.25, 0.3) is 0 Å². The van der Waals surface area contributed by atoms with Crippen LogP contribution in [0.25, 0.3) is 5.57 Å². The topological polar surface area (TPSA) is 21.3 Å². The Morgan fingerprint density at radius 3 is 2.57 bits per heavy atom. The van der Waals surface area contributed by atoms with Gasteiger partial charge >= 0.3 is 0 Å². The van der Waals surface area contributed by atoms with Gasteiger partial charge in [-0.25, -0.2) is 8.78 Å². The third-order valence-corrected chi connectivity index (χ3v) is 3.60. The van der Waals surface area contributed by atoms with Gasteiger partial charge in [0.05, 0.1) is 12.7 Å². The Morgan fingerprint density at radius 1 is 1.10 bits per heavy atom. The Balaban J connectivity index is 2.18. The van der Waals surface area contributed by atoms with Crippen LogP contribution in [0.2, 0.25) is 0 Å². The van der Waals surface area contributed by atoms with Crippen molar-refractivity contribution in [2.45, 2.75) is 6.54 Å². The lowest BCUT2D eigenvalue weighted by Crippen LogP contribution is -2.11. The average Bonchev–Trinajstić information content (AvgIpc) is 2.69. The molecule has 4 heteroatoms. The van der Waals surface area contributed by atoms with E-state index in [0.717, 1.165) is 16.9 Å². The van der Waals surface area contributed by atoms with E-state index in [1.165, 1.54) is 18.2 Å². The summed E-state index contributed by atoms with van der Waals surface area (Å²) in [5.74, 6) is -0.374. The second kappa shape index (κ2) is 5.66. The Kier molecular flexibility index (Phi) is 3.71. The van der Waals surface area contributed by atoms with E-state index in [4.69, 9.17) is 4.74 Å². The predicted octanol–water partition coefficient (Wildman–Crippen LogP) is 3.51. The summed E-state index contributed by atoms with van der Waals surface area (Å²) in [6.45, 7) is 1.18. The standard InChI is InChI=1S/C17H15F2NO/c1-21-12-5-6-13-11(9-12)10-20-8-7-14(13)17-15(18)3-2-4-16(17)19/h2-7,9,20H,8,10H2,1H3. The summed E-state index contributed by atoms with van der Waals surface area (Å²) < 4.78 is 33.4. The number of fused-ring (bicyclic) bond motifs is 1. The molecule has 1 heterocycles. The van der Waals surface area contributed by atoms with Gasteiger partial charge in [0.15, 0.2) is 0 Å². The first-order chi connectivity index (χ1) is 10.2. The molecule has 1 N–H and O–H groups in total. The van der Waals surface area contributed by atoms with Crippen molar-refractivity contribution in [3.05, 3.63) is 70.8 Å². The van der Waals surface area contributed by atoms with Gasteiger partial charge in [0.1, 0.15) is 17.4 Å². The molecule has 108 valence electrons. The van der Waals surface area contributed by atoms with Gasteiger partial charge in [-0.3, -0.25) is 0 Å². The molecule has 0 saturated carbocycles. The van der Waals surface area contributed by atoms with Gasteiger partial charge in [-0.1, -0.05) is 18.2 Å². The fourth-order valence-electron chi connectivity index (χ4n) is 2.59. The quantitative estimate of drug-likeness (QED) is 0.912. The van der Waals surface area contributed by atoms with Crippen molar-refractivity contribution in [3.8, 4) is 5.75 Å². The first kappa shape index (κ1) is 13.8. The van der Waals surface area contributed by atoms with Crippen molar-refractivity contribution in [3.63, 3.8) is 0 Å². The van der Waals surface area contributed by atoms with E-state index >= 15 is 0 Å². The lowest BCUT2D eigenvalue weighted by atomic mass is 9.93. The van der Waals surface area contributed by atoms with Crippen molar-refractivity contribution in [1.82, 2.24) is 5.32 Å². The van der Waals surface area contributed by atoms with Crippen LogP contribution >= 0.6 is 0 Å². The molecule has 2 nitrogen and oxygen atoms in total. The highest BCUT2D eigenvalue weighted by molar-refractivity contribution is 5.82. The molecular formula is C17H15F2NO. The first-order valence-corrected chi connectivity index (χ1v) is 6.73. The summed E-state index contributed by atoms with van der Waals surface area (Å²) in [7, 11) is 1.60. The van der Waals surface area contributed by atoms with Crippen LogP contribution in [-0.4, -0.2) is 13.7 Å². The van der Waals surface area contributed by atoms with Crippen LogP contribution in [0, 0.1) is 11.6 Å². The second-order valence-corrected chi connectivity index (χ2v) is 4.87. The van der Waals surface area contributed by atoms with Gasteiger partial charge < -0.3 is 10.1 Å². The molecule has 0 aromatic heterocycles. The maximum absolute atomic E-state index is 14.1. The normalized spacial score (nSPS) is 14.1. The third kappa shape index (κ3) is 2.54. The van der Waals surface area contributed by atoms with Crippen LogP contribution in [0.3, 0.4) is 0 Å². The van der Waals surface area contributed by atoms with Gasteiger partial charge in [-0.2, -0.15) is 0 Å². The van der Waals surface area contributed by atoms with Crippen molar-refractivity contribution in [2.75, 3.05) is 13.7 Å². The number of rotatable bonds is 2. The van der Waals surface area contributed by atoms with E-state index < -0.39 is 11.6 Å². The molecule has 2 aromatic rings. The van der Waals surface area contributed by atoms with E-state index in [-0.39, 0.29) is 5.56 Å². The average molecular weight is 287 g/mol. The van der Waals surface area contributed by atoms with Crippen molar-refractivity contribution >= 4 is 5.57 Å². The van der Waals surface area contributed by atoms with Crippen molar-refractivity contribution in [1.29, 1.82) is 0 Å². The molecule has 0 aliphatic carbocycles. The molecule has 0 radical (unpaired) electrons. The maximum Gasteiger partial charge on any atom is 0.133 e. The second-order valence-electron chi connectivity index (χ2n) is 4.87. The molecule has 0 unspecified atom stereocenters. The minimum atomic E-state index is -0.551. The van der Waals surface area contributed by atoms with Crippen LogP contribution in [0.4, 0.5) is 8.78 Å². The third-order valence-electron chi connectivity index (χ3n) is 3.60. The molecule has 0 bridgehead atoms. The van der Waals surface area contributed by atoms with Crippen LogP contribution in [0.1, 0.15) is 16.7 Å². The predicted molar refractivity (Wildman–Crippen MR) is 78.1 cm³/mol. The molecular weight excluding hydrogens is 272 g/mol. The van der Waals surface area contributed by atoms with Crippen LogP contribution < -0.4 is 10.1 Å². The highest BCUT2D eigenvalue weighted by Crippen LogP contribution is 2.33. The van der Waals surface area contributed by atoms with Gasteiger partial charge in [-0.15, -0.1) is 0 Å². The summed E-state index contributed by atoms with van der Waals surface area (Å²) in [4.78, 5) is 0. The Bertz CT molecular complexity index is 690. The van der Waals surface area contributed by atoms with Gasteiger partial charge in [0, 0.05) is 13.1 Å². The first-order valence-electron chi connectivity index (χ1n) is 6.73. The Labute approximate surface area is 122 Å². The number of nitrogens with one attached hydrogen (secondary N) is 1. The number of halogens is 2. The molecule has 1 aliphatic rings. The van der Waals surface area contributed by atoms with Gasteiger partial charge in [-0.05, 0) is 41.0 Å². The summed E-state index contributed by atoms with van der Waals surface area (Å²) in [6.07, 6.45) is 1.82. The zero-order valence-electron chi connectivity index (χ0n) is 11.6. The number of hydrogen-bond acceptors (Lipinski definition) is 2. The number of ether oxygens (including phenoxy) is 1. The van der Waals surface area contributed by atoms with Crippen LogP contribution in [0.15, 0.2) is 42.5 Å². The van der Waals surface area contributed by atoms with E-state index in [2.05, 4.69) is 5.32 Å². The van der Waals surface area contributed by atoms with Gasteiger partial charge in [0.2, 0.25) is 0 Å². The van der Waals surface area contributed by atoms with E-state index in [9.17, 15) is 8.78 Å². The lowest BCUT2D eigenvalue weighted by Gasteiger charge is -2.13. The van der Waals surface area contributed by atoms with Crippen LogP contribution in [0.5, 0.6) is 5.75 Å². The molecule has 1 aliphatic heterocycles. The highest BCUT2D eigenvalue weighted by Gasteiger charge is 2.19. The molecule has 21 heavy (non-hydrogen) atoms. The summed E-state index contributed by atoms with van der Waals surface area (Å²) in [5.41, 5.74) is 2.38. The van der Waals surface area contributed by atoms with Crippen LogP contribution in [-0.2, 0) is 6.54 Å². The number of hydrogen-bond donors (Lipinski definition) is 1. The van der Waals surface area contributed by atoms with E-state index in [1.807, 2.05) is 18.2 Å². The largest absolute Gasteiger partial charge is 0.497 e. The lowest BCUT2D eigenvalue weighted by molar-refractivity contribution is 0.414. The summed E-state index contributed by atoms with van der Waals surface area (Å²) in [5, 5.41) is 3.22. The molecule has 2 aromatic carbocycles. The fraction of sp³-hybridized carbons (Fsp3) is 0.176. The molecule has 3 rings (SSSR count). The van der Waals surface area contributed by atoms with E-state index in [1.54, 1.807) is 13.2 Å². The summed E-state index contributed by atoms with van der Waals surface area (Å²) in [6, 6.07) is 9.47. The molecule has 0 fully saturated rings. The molecule has 0 spiro atoms. The highest BCUT2D eigenvalue weighted by atomic mass is 19.1. The Morgan fingerprint density at radius 2 is 1.86 bits per heavy atom. The zero-order valence-corrected chi connectivity index (χ0v) is 11.6.